The highest BCUT2D eigenvalue weighted by molar-refractivity contribution is 6.42. The quantitative estimate of drug-likeness (QED) is 0.434. The lowest BCUT2D eigenvalue weighted by molar-refractivity contribution is -0.135. The molecule has 2 aliphatic rings. The Bertz CT molecular complexity index is 929. The van der Waals surface area contributed by atoms with Crippen LogP contribution in [0.15, 0.2) is 42.2 Å². The number of ketones is 1. The Morgan fingerprint density at radius 1 is 1.12 bits per heavy atom. The molecule has 1 aliphatic heterocycles. The van der Waals surface area contributed by atoms with Gasteiger partial charge in [0.15, 0.2) is 5.76 Å². The lowest BCUT2D eigenvalue weighted by atomic mass is 10.1. The number of esters is 1. The first kappa shape index (κ1) is 16.2. The molecule has 0 amide bonds. The molecule has 0 aromatic heterocycles. The van der Waals surface area contributed by atoms with Gasteiger partial charge in [0.1, 0.15) is 11.5 Å². The molecule has 0 saturated heterocycles. The Hall–Kier alpha value is -2.30. The molecule has 0 atom stereocenters. The van der Waals surface area contributed by atoms with Gasteiger partial charge in [-0.2, -0.15) is 0 Å². The number of carbonyl (C=O) groups excluding carboxylic acids is 2. The summed E-state index contributed by atoms with van der Waals surface area (Å²) in [6.45, 7) is 0. The van der Waals surface area contributed by atoms with Gasteiger partial charge in [0.05, 0.1) is 21.5 Å². The summed E-state index contributed by atoms with van der Waals surface area (Å²) < 4.78 is 10.9. The van der Waals surface area contributed by atoms with Gasteiger partial charge in [-0.15, -0.1) is 0 Å². The molecular weight excluding hydrogens is 363 g/mol. The Kier molecular flexibility index (Phi) is 4.02. The summed E-state index contributed by atoms with van der Waals surface area (Å²) in [6, 6.07) is 9.80. The van der Waals surface area contributed by atoms with Crippen LogP contribution in [0.5, 0.6) is 11.5 Å². The maximum absolute atomic E-state index is 12.4. The van der Waals surface area contributed by atoms with Gasteiger partial charge in [-0.25, -0.2) is 0 Å². The first-order valence-electron chi connectivity index (χ1n) is 7.76. The minimum absolute atomic E-state index is 0.000847. The minimum Gasteiger partial charge on any atom is -0.452 e. The molecule has 4 nitrogen and oxygen atoms in total. The Labute approximate surface area is 153 Å². The fourth-order valence-corrected chi connectivity index (χ4v) is 2.81. The molecule has 0 unspecified atom stereocenters. The second-order valence-electron chi connectivity index (χ2n) is 5.97. The van der Waals surface area contributed by atoms with Crippen molar-refractivity contribution in [3.05, 3.63) is 63.3 Å². The molecule has 1 aliphatic carbocycles. The molecule has 0 spiro atoms. The van der Waals surface area contributed by atoms with Gasteiger partial charge in [-0.3, -0.25) is 9.59 Å². The summed E-state index contributed by atoms with van der Waals surface area (Å²) in [5, 5.41) is 0.834. The zero-order valence-corrected chi connectivity index (χ0v) is 14.4. The fourth-order valence-electron chi connectivity index (χ4n) is 2.50. The molecule has 0 radical (unpaired) electrons. The zero-order valence-electron chi connectivity index (χ0n) is 12.9. The molecule has 2 aromatic rings. The van der Waals surface area contributed by atoms with Gasteiger partial charge in [-0.05, 0) is 48.7 Å². The highest BCUT2D eigenvalue weighted by Gasteiger charge is 2.32. The topological polar surface area (TPSA) is 52.6 Å². The number of allylic oxidation sites excluding steroid dienone is 1. The average molecular weight is 375 g/mol. The van der Waals surface area contributed by atoms with Crippen LogP contribution in [0.4, 0.5) is 0 Å². The van der Waals surface area contributed by atoms with E-state index in [0.717, 1.165) is 12.8 Å². The van der Waals surface area contributed by atoms with Crippen molar-refractivity contribution in [2.45, 2.75) is 12.8 Å². The van der Waals surface area contributed by atoms with E-state index in [-0.39, 0.29) is 23.4 Å². The van der Waals surface area contributed by atoms with Crippen LogP contribution in [0.3, 0.4) is 0 Å². The summed E-state index contributed by atoms with van der Waals surface area (Å²) >= 11 is 11.9. The number of hydrogen-bond donors (Lipinski definition) is 0. The predicted molar refractivity (Wildman–Crippen MR) is 94.2 cm³/mol. The predicted octanol–water partition coefficient (Wildman–Crippen LogP) is 4.93. The van der Waals surface area contributed by atoms with E-state index in [2.05, 4.69) is 0 Å². The molecule has 2 aromatic carbocycles. The smallest absolute Gasteiger partial charge is 0.314 e. The van der Waals surface area contributed by atoms with E-state index >= 15 is 0 Å². The van der Waals surface area contributed by atoms with Crippen molar-refractivity contribution in [3.8, 4) is 11.5 Å². The highest BCUT2D eigenvalue weighted by Crippen LogP contribution is 2.36. The number of ether oxygens (including phenoxy) is 2. The van der Waals surface area contributed by atoms with E-state index in [1.54, 1.807) is 42.5 Å². The van der Waals surface area contributed by atoms with E-state index < -0.39 is 0 Å². The van der Waals surface area contributed by atoms with Crippen molar-refractivity contribution in [1.82, 2.24) is 0 Å². The van der Waals surface area contributed by atoms with Crippen LogP contribution in [0, 0.1) is 5.92 Å². The van der Waals surface area contributed by atoms with Crippen molar-refractivity contribution in [1.29, 1.82) is 0 Å². The summed E-state index contributed by atoms with van der Waals surface area (Å²) in [4.78, 5) is 24.2. The lowest BCUT2D eigenvalue weighted by Gasteiger charge is -2.04. The summed E-state index contributed by atoms with van der Waals surface area (Å²) in [5.41, 5.74) is 1.13. The maximum atomic E-state index is 12.4. The van der Waals surface area contributed by atoms with Crippen LogP contribution < -0.4 is 9.47 Å². The summed E-state index contributed by atoms with van der Waals surface area (Å²) in [7, 11) is 0. The van der Waals surface area contributed by atoms with Crippen LogP contribution >= 0.6 is 23.2 Å². The molecule has 1 saturated carbocycles. The molecule has 4 rings (SSSR count). The van der Waals surface area contributed by atoms with Crippen LogP contribution in [-0.2, 0) is 4.79 Å². The third-order valence-corrected chi connectivity index (χ3v) is 4.75. The van der Waals surface area contributed by atoms with Gasteiger partial charge in [0.2, 0.25) is 5.78 Å². The second-order valence-corrected chi connectivity index (χ2v) is 6.78. The number of halogens is 2. The number of hydrogen-bond acceptors (Lipinski definition) is 4. The summed E-state index contributed by atoms with van der Waals surface area (Å²) in [5.74, 6) is 0.452. The van der Waals surface area contributed by atoms with Gasteiger partial charge in [-0.1, -0.05) is 29.3 Å². The number of benzene rings is 2. The number of Topliss-reactive ketones (excluding diaryl/α,β-unsaturated/α-hetero) is 1. The van der Waals surface area contributed by atoms with E-state index in [0.29, 0.717) is 32.7 Å². The molecule has 0 N–H and O–H groups in total. The van der Waals surface area contributed by atoms with Gasteiger partial charge >= 0.3 is 5.97 Å². The molecule has 1 heterocycles. The van der Waals surface area contributed by atoms with Crippen LogP contribution in [0.1, 0.15) is 28.8 Å². The average Bonchev–Trinajstić information content (AvgIpc) is 3.38. The third-order valence-electron chi connectivity index (χ3n) is 4.01. The van der Waals surface area contributed by atoms with Crippen LogP contribution in [0.2, 0.25) is 10.0 Å². The van der Waals surface area contributed by atoms with Crippen LogP contribution in [-0.4, -0.2) is 11.8 Å². The van der Waals surface area contributed by atoms with Crippen LogP contribution in [0.25, 0.3) is 6.08 Å². The fraction of sp³-hybridized carbons (Fsp3) is 0.158. The van der Waals surface area contributed by atoms with Crippen molar-refractivity contribution >= 4 is 41.0 Å². The summed E-state index contributed by atoms with van der Waals surface area (Å²) in [6.07, 6.45) is 3.34. The molecule has 1 fully saturated rings. The zero-order chi connectivity index (χ0) is 17.6. The van der Waals surface area contributed by atoms with E-state index in [9.17, 15) is 9.59 Å². The number of rotatable bonds is 3. The Morgan fingerprint density at radius 3 is 2.64 bits per heavy atom. The monoisotopic (exact) mass is 374 g/mol. The molecule has 126 valence electrons. The van der Waals surface area contributed by atoms with E-state index in [4.69, 9.17) is 32.7 Å². The van der Waals surface area contributed by atoms with Crippen molar-refractivity contribution in [3.63, 3.8) is 0 Å². The molecular formula is C19H12Cl2O4. The van der Waals surface area contributed by atoms with Gasteiger partial charge < -0.3 is 9.47 Å². The maximum Gasteiger partial charge on any atom is 0.314 e. The molecule has 0 bridgehead atoms. The van der Waals surface area contributed by atoms with Crippen molar-refractivity contribution < 1.29 is 19.1 Å². The van der Waals surface area contributed by atoms with Crippen molar-refractivity contribution in [2.24, 2.45) is 5.92 Å². The highest BCUT2D eigenvalue weighted by atomic mass is 35.5. The third kappa shape index (κ3) is 3.28. The normalized spacial score (nSPS) is 17.4. The number of carbonyl (C=O) groups is 2. The minimum atomic E-state index is -0.240. The first-order chi connectivity index (χ1) is 12.0. The van der Waals surface area contributed by atoms with E-state index in [1.165, 1.54) is 0 Å². The van der Waals surface area contributed by atoms with Gasteiger partial charge in [0.25, 0.3) is 0 Å². The Morgan fingerprint density at radius 2 is 1.92 bits per heavy atom. The van der Waals surface area contributed by atoms with Crippen molar-refractivity contribution in [2.75, 3.05) is 0 Å². The standard InChI is InChI=1S/C19H12Cl2O4/c20-14-6-1-10(7-15(14)21)8-17-18(22)13-5-4-12(9-16(13)25-17)24-19(23)11-2-3-11/h1,4-9,11H,2-3H2/b17-8+. The first-order valence-corrected chi connectivity index (χ1v) is 8.52. The molecule has 6 heteroatoms. The SMILES string of the molecule is O=C1/C(=C\c2ccc(Cl)c(Cl)c2)Oc2cc(OC(=O)C3CC3)ccc21. The lowest BCUT2D eigenvalue weighted by Crippen LogP contribution is -2.09. The largest absolute Gasteiger partial charge is 0.452 e. The number of fused-ring (bicyclic) bond motifs is 1. The van der Waals surface area contributed by atoms with E-state index in [1.807, 2.05) is 0 Å². The Balaban J connectivity index is 1.58. The second kappa shape index (κ2) is 6.21. The molecule has 25 heavy (non-hydrogen) atoms. The van der Waals surface area contributed by atoms with Gasteiger partial charge in [0, 0.05) is 6.07 Å².